The molecule has 5 nitrogen and oxygen atoms in total. The molecule has 2 rings (SSSR count). The number of nitrogens with zero attached hydrogens (tertiary/aromatic N) is 2. The van der Waals surface area contributed by atoms with Gasteiger partial charge in [0.05, 0.1) is 0 Å². The fraction of sp³-hybridized carbons (Fsp3) is 0.692. The first kappa shape index (κ1) is 13.1. The molecule has 1 aromatic rings. The molecule has 1 aliphatic rings. The zero-order valence-corrected chi connectivity index (χ0v) is 10.8. The number of carbonyl (C=O) groups is 1. The van der Waals surface area contributed by atoms with E-state index in [9.17, 15) is 4.79 Å². The van der Waals surface area contributed by atoms with Crippen LogP contribution in [0.2, 0.25) is 0 Å². The van der Waals surface area contributed by atoms with Crippen LogP contribution in [0.1, 0.15) is 38.5 Å². The van der Waals surface area contributed by atoms with E-state index in [1.165, 1.54) is 19.3 Å². The van der Waals surface area contributed by atoms with Gasteiger partial charge in [0, 0.05) is 37.4 Å². The van der Waals surface area contributed by atoms with Crippen LogP contribution in [-0.2, 0) is 11.3 Å². The Labute approximate surface area is 108 Å². The largest absolute Gasteiger partial charge is 0.354 e. The third-order valence-electron chi connectivity index (χ3n) is 3.61. The van der Waals surface area contributed by atoms with E-state index in [4.69, 9.17) is 5.73 Å². The van der Waals surface area contributed by atoms with E-state index in [1.54, 1.807) is 10.9 Å². The van der Waals surface area contributed by atoms with Crippen LogP contribution in [0.15, 0.2) is 18.5 Å². The molecule has 0 radical (unpaired) electrons. The molecular weight excluding hydrogens is 228 g/mol. The number of nitrogens with one attached hydrogen (secondary N) is 1. The van der Waals surface area contributed by atoms with Crippen molar-refractivity contribution in [2.75, 3.05) is 6.54 Å². The van der Waals surface area contributed by atoms with Crippen molar-refractivity contribution in [3.63, 3.8) is 0 Å². The predicted molar refractivity (Wildman–Crippen MR) is 69.9 cm³/mol. The van der Waals surface area contributed by atoms with Crippen LogP contribution in [-0.4, -0.2) is 27.8 Å². The molecule has 5 heteroatoms. The average Bonchev–Trinajstić information content (AvgIpc) is 2.88. The first-order valence-electron chi connectivity index (χ1n) is 6.71. The zero-order chi connectivity index (χ0) is 12.8. The molecule has 1 saturated carbocycles. The highest BCUT2D eigenvalue weighted by Crippen LogP contribution is 2.25. The lowest BCUT2D eigenvalue weighted by atomic mass is 9.82. The van der Waals surface area contributed by atoms with Gasteiger partial charge >= 0.3 is 0 Å². The molecule has 1 aliphatic carbocycles. The Morgan fingerprint density at radius 3 is 2.83 bits per heavy atom. The van der Waals surface area contributed by atoms with Gasteiger partial charge in [0.25, 0.3) is 0 Å². The van der Waals surface area contributed by atoms with Crippen molar-refractivity contribution in [3.05, 3.63) is 18.5 Å². The third-order valence-corrected chi connectivity index (χ3v) is 3.61. The minimum Gasteiger partial charge on any atom is -0.354 e. The van der Waals surface area contributed by atoms with Crippen molar-refractivity contribution >= 4 is 5.91 Å². The van der Waals surface area contributed by atoms with Gasteiger partial charge in [-0.25, -0.2) is 0 Å². The summed E-state index contributed by atoms with van der Waals surface area (Å²) in [6.07, 6.45) is 9.70. The third kappa shape index (κ3) is 3.84. The molecule has 1 fully saturated rings. The molecule has 18 heavy (non-hydrogen) atoms. The van der Waals surface area contributed by atoms with Crippen molar-refractivity contribution in [3.8, 4) is 0 Å². The molecule has 100 valence electrons. The topological polar surface area (TPSA) is 72.9 Å². The molecule has 3 N–H and O–H groups in total. The molecule has 1 aromatic heterocycles. The van der Waals surface area contributed by atoms with Crippen LogP contribution in [0.3, 0.4) is 0 Å². The minimum absolute atomic E-state index is 0.0564. The maximum atomic E-state index is 11.7. The normalized spacial score (nSPS) is 18.5. The van der Waals surface area contributed by atoms with Crippen LogP contribution in [0.5, 0.6) is 0 Å². The second-order valence-corrected chi connectivity index (χ2v) is 5.22. The van der Waals surface area contributed by atoms with Gasteiger partial charge in [0.15, 0.2) is 0 Å². The molecule has 0 atom stereocenters. The summed E-state index contributed by atoms with van der Waals surface area (Å²) in [5, 5.41) is 7.01. The van der Waals surface area contributed by atoms with E-state index in [1.807, 2.05) is 12.3 Å². The number of hydrogen-bond donors (Lipinski definition) is 2. The number of aryl methyl sites for hydroxylation is 1. The van der Waals surface area contributed by atoms with Crippen LogP contribution in [0.25, 0.3) is 0 Å². The standard InChI is InChI=1S/C13H22N4O/c14-13(6-2-1-3-7-13)11-15-12(18)5-10-17-9-4-8-16-17/h4,8-9H,1-3,5-7,10-11,14H2,(H,15,18). The lowest BCUT2D eigenvalue weighted by molar-refractivity contribution is -0.121. The number of hydrogen-bond acceptors (Lipinski definition) is 3. The Morgan fingerprint density at radius 2 is 2.17 bits per heavy atom. The monoisotopic (exact) mass is 250 g/mol. The SMILES string of the molecule is NC1(CNC(=O)CCn2cccn2)CCCCC1. The Kier molecular flexibility index (Phi) is 4.36. The molecule has 0 aromatic carbocycles. The fourth-order valence-corrected chi connectivity index (χ4v) is 2.44. The van der Waals surface area contributed by atoms with Gasteiger partial charge < -0.3 is 11.1 Å². The maximum Gasteiger partial charge on any atom is 0.221 e. The van der Waals surface area contributed by atoms with Gasteiger partial charge in [-0.1, -0.05) is 19.3 Å². The van der Waals surface area contributed by atoms with Crippen molar-refractivity contribution in [1.29, 1.82) is 0 Å². The molecule has 1 heterocycles. The minimum atomic E-state index is -0.181. The van der Waals surface area contributed by atoms with Gasteiger partial charge in [-0.3, -0.25) is 9.48 Å². The summed E-state index contributed by atoms with van der Waals surface area (Å²) < 4.78 is 1.76. The van der Waals surface area contributed by atoms with E-state index in [0.717, 1.165) is 12.8 Å². The van der Waals surface area contributed by atoms with Crippen molar-refractivity contribution in [1.82, 2.24) is 15.1 Å². The maximum absolute atomic E-state index is 11.7. The molecule has 1 amide bonds. The van der Waals surface area contributed by atoms with Gasteiger partial charge in [-0.05, 0) is 18.9 Å². The fourth-order valence-electron chi connectivity index (χ4n) is 2.44. The first-order chi connectivity index (χ1) is 8.68. The number of carbonyl (C=O) groups excluding carboxylic acids is 1. The smallest absolute Gasteiger partial charge is 0.221 e. The van der Waals surface area contributed by atoms with E-state index >= 15 is 0 Å². The van der Waals surface area contributed by atoms with E-state index in [-0.39, 0.29) is 11.4 Å². The van der Waals surface area contributed by atoms with Crippen LogP contribution in [0, 0.1) is 0 Å². The average molecular weight is 250 g/mol. The lowest BCUT2D eigenvalue weighted by Crippen LogP contribution is -2.51. The summed E-state index contributed by atoms with van der Waals surface area (Å²) >= 11 is 0. The highest BCUT2D eigenvalue weighted by Gasteiger charge is 2.27. The molecule has 0 aliphatic heterocycles. The second kappa shape index (κ2) is 6.00. The van der Waals surface area contributed by atoms with Gasteiger partial charge in [-0.15, -0.1) is 0 Å². The van der Waals surface area contributed by atoms with E-state index < -0.39 is 0 Å². The van der Waals surface area contributed by atoms with Gasteiger partial charge in [0.1, 0.15) is 0 Å². The number of amides is 1. The van der Waals surface area contributed by atoms with Gasteiger partial charge in [-0.2, -0.15) is 5.10 Å². The second-order valence-electron chi connectivity index (χ2n) is 5.22. The number of nitrogens with two attached hydrogens (primary N) is 1. The van der Waals surface area contributed by atoms with Crippen molar-refractivity contribution < 1.29 is 4.79 Å². The summed E-state index contributed by atoms with van der Waals surface area (Å²) in [7, 11) is 0. The quantitative estimate of drug-likeness (QED) is 0.820. The Balaban J connectivity index is 1.68. The zero-order valence-electron chi connectivity index (χ0n) is 10.8. The van der Waals surface area contributed by atoms with Crippen LogP contribution < -0.4 is 11.1 Å². The summed E-state index contributed by atoms with van der Waals surface area (Å²) in [5.74, 6) is 0.0564. The van der Waals surface area contributed by atoms with Crippen LogP contribution >= 0.6 is 0 Å². The summed E-state index contributed by atoms with van der Waals surface area (Å²) in [4.78, 5) is 11.7. The summed E-state index contributed by atoms with van der Waals surface area (Å²) in [6, 6.07) is 1.86. The predicted octanol–water partition coefficient (Wildman–Crippen LogP) is 1.05. The molecule has 0 bridgehead atoms. The summed E-state index contributed by atoms with van der Waals surface area (Å²) in [6.45, 7) is 1.22. The Hall–Kier alpha value is -1.36. The van der Waals surface area contributed by atoms with E-state index in [0.29, 0.717) is 19.5 Å². The molecule has 0 unspecified atom stereocenters. The molecule has 0 spiro atoms. The molecular formula is C13H22N4O. The Bertz CT molecular complexity index is 368. The van der Waals surface area contributed by atoms with Gasteiger partial charge in [0.2, 0.25) is 5.91 Å². The van der Waals surface area contributed by atoms with Crippen molar-refractivity contribution in [2.24, 2.45) is 5.73 Å². The van der Waals surface area contributed by atoms with E-state index in [2.05, 4.69) is 10.4 Å². The first-order valence-corrected chi connectivity index (χ1v) is 6.71. The lowest BCUT2D eigenvalue weighted by Gasteiger charge is -2.33. The summed E-state index contributed by atoms with van der Waals surface area (Å²) in [5.41, 5.74) is 6.08. The highest BCUT2D eigenvalue weighted by atomic mass is 16.1. The Morgan fingerprint density at radius 1 is 1.39 bits per heavy atom. The van der Waals surface area contributed by atoms with Crippen molar-refractivity contribution in [2.45, 2.75) is 50.6 Å². The highest BCUT2D eigenvalue weighted by molar-refractivity contribution is 5.75. The number of aromatic nitrogens is 2. The number of rotatable bonds is 5. The molecule has 0 saturated heterocycles. The van der Waals surface area contributed by atoms with Crippen LogP contribution in [0.4, 0.5) is 0 Å².